The van der Waals surface area contributed by atoms with Gasteiger partial charge in [-0.25, -0.2) is 9.59 Å². The fourth-order valence-corrected chi connectivity index (χ4v) is 1.53. The van der Waals surface area contributed by atoms with Crippen molar-refractivity contribution in [1.82, 2.24) is 0 Å². The summed E-state index contributed by atoms with van der Waals surface area (Å²) < 4.78 is 4.72. The van der Waals surface area contributed by atoms with Crippen molar-refractivity contribution < 1.29 is 29.3 Å². The van der Waals surface area contributed by atoms with Crippen LogP contribution in [0.25, 0.3) is 6.08 Å². The first-order valence-electron chi connectivity index (χ1n) is 5.88. The molecule has 0 bridgehead atoms. The summed E-state index contributed by atoms with van der Waals surface area (Å²) in [5.41, 5.74) is 0.169. The summed E-state index contributed by atoms with van der Waals surface area (Å²) in [5.74, 6) is -2.75. The first kappa shape index (κ1) is 15.4. The van der Waals surface area contributed by atoms with Gasteiger partial charge in [-0.15, -0.1) is 0 Å². The van der Waals surface area contributed by atoms with Gasteiger partial charge in [0.1, 0.15) is 0 Å². The molecular weight excluding hydrogens is 264 g/mol. The van der Waals surface area contributed by atoms with Gasteiger partial charge in [0.15, 0.2) is 0 Å². The Morgan fingerprint density at radius 2 is 1.90 bits per heavy atom. The minimum Gasteiger partial charge on any atom is -0.478 e. The Balaban J connectivity index is 2.98. The minimum atomic E-state index is -1.17. The predicted octanol–water partition coefficient (Wildman–Crippen LogP) is 2.05. The van der Waals surface area contributed by atoms with Gasteiger partial charge in [-0.05, 0) is 30.7 Å². The molecule has 2 N–H and O–H groups in total. The third-order valence-corrected chi connectivity index (χ3v) is 2.42. The van der Waals surface area contributed by atoms with Crippen LogP contribution < -0.4 is 0 Å². The lowest BCUT2D eigenvalue weighted by Crippen LogP contribution is -2.04. The highest BCUT2D eigenvalue weighted by atomic mass is 16.5. The zero-order chi connectivity index (χ0) is 15.1. The first-order chi connectivity index (χ1) is 9.45. The Kier molecular flexibility index (Phi) is 5.46. The molecule has 0 fully saturated rings. The maximum absolute atomic E-state index is 11.1. The SMILES string of the molecule is CCOC(=O)CC=Cc1cc(C(=O)O)ccc1C(=O)O. The Hall–Kier alpha value is -2.63. The van der Waals surface area contributed by atoms with Gasteiger partial charge in [-0.3, -0.25) is 4.79 Å². The van der Waals surface area contributed by atoms with Crippen LogP contribution in [0.15, 0.2) is 24.3 Å². The fraction of sp³-hybridized carbons (Fsp3) is 0.214. The molecule has 0 saturated heterocycles. The van der Waals surface area contributed by atoms with E-state index in [1.807, 2.05) is 0 Å². The van der Waals surface area contributed by atoms with Crippen LogP contribution in [0.1, 0.15) is 39.6 Å². The highest BCUT2D eigenvalue weighted by Gasteiger charge is 2.11. The number of carbonyl (C=O) groups is 3. The molecule has 0 heterocycles. The summed E-state index contributed by atoms with van der Waals surface area (Å²) in [6.07, 6.45) is 2.82. The maximum atomic E-state index is 11.1. The van der Waals surface area contributed by atoms with Crippen molar-refractivity contribution >= 4 is 24.0 Å². The van der Waals surface area contributed by atoms with Gasteiger partial charge >= 0.3 is 17.9 Å². The van der Waals surface area contributed by atoms with Crippen molar-refractivity contribution in [2.24, 2.45) is 0 Å². The fourth-order valence-electron chi connectivity index (χ4n) is 1.53. The summed E-state index contributed by atoms with van der Waals surface area (Å²) in [7, 11) is 0. The molecule has 0 unspecified atom stereocenters. The highest BCUT2D eigenvalue weighted by Crippen LogP contribution is 2.15. The summed E-state index contributed by atoms with van der Waals surface area (Å²) in [4.78, 5) is 33.0. The van der Waals surface area contributed by atoms with E-state index in [2.05, 4.69) is 0 Å². The molecule has 0 saturated carbocycles. The normalized spacial score (nSPS) is 10.4. The maximum Gasteiger partial charge on any atom is 0.336 e. The van der Waals surface area contributed by atoms with Gasteiger partial charge in [0.25, 0.3) is 0 Å². The van der Waals surface area contributed by atoms with Crippen LogP contribution in [-0.4, -0.2) is 34.7 Å². The van der Waals surface area contributed by atoms with Crippen molar-refractivity contribution in [2.45, 2.75) is 13.3 Å². The number of hydrogen-bond donors (Lipinski definition) is 2. The molecule has 0 aliphatic heterocycles. The Bertz CT molecular complexity index is 559. The van der Waals surface area contributed by atoms with E-state index >= 15 is 0 Å². The Labute approximate surface area is 115 Å². The second-order valence-corrected chi connectivity index (χ2v) is 3.82. The summed E-state index contributed by atoms with van der Waals surface area (Å²) in [5, 5.41) is 17.9. The zero-order valence-electron chi connectivity index (χ0n) is 10.8. The van der Waals surface area contributed by atoms with Crippen molar-refractivity contribution in [1.29, 1.82) is 0 Å². The van der Waals surface area contributed by atoms with Crippen molar-refractivity contribution in [3.05, 3.63) is 41.0 Å². The van der Waals surface area contributed by atoms with Gasteiger partial charge in [0, 0.05) is 0 Å². The molecule has 106 valence electrons. The topological polar surface area (TPSA) is 101 Å². The second-order valence-electron chi connectivity index (χ2n) is 3.82. The molecule has 0 aromatic heterocycles. The monoisotopic (exact) mass is 278 g/mol. The van der Waals surface area contributed by atoms with E-state index in [-0.39, 0.29) is 29.7 Å². The molecule has 0 aliphatic carbocycles. The standard InChI is InChI=1S/C14H14O6/c1-2-20-12(15)5-3-4-9-8-10(13(16)17)6-7-11(9)14(18)19/h3-4,6-8H,2,5H2,1H3,(H,16,17)(H,18,19). The van der Waals surface area contributed by atoms with Gasteiger partial charge in [0.05, 0.1) is 24.2 Å². The van der Waals surface area contributed by atoms with Crippen molar-refractivity contribution in [2.75, 3.05) is 6.61 Å². The van der Waals surface area contributed by atoms with Crippen LogP contribution in [0.4, 0.5) is 0 Å². The average molecular weight is 278 g/mol. The minimum absolute atomic E-state index is 0.00972. The van der Waals surface area contributed by atoms with Crippen molar-refractivity contribution in [3.8, 4) is 0 Å². The lowest BCUT2D eigenvalue weighted by atomic mass is 10.0. The molecule has 0 radical (unpaired) electrons. The van der Waals surface area contributed by atoms with Gasteiger partial charge < -0.3 is 14.9 Å². The smallest absolute Gasteiger partial charge is 0.336 e. The van der Waals surface area contributed by atoms with E-state index in [0.29, 0.717) is 0 Å². The van der Waals surface area contributed by atoms with Gasteiger partial charge in [-0.1, -0.05) is 12.2 Å². The van der Waals surface area contributed by atoms with E-state index in [1.54, 1.807) is 6.92 Å². The largest absolute Gasteiger partial charge is 0.478 e. The number of esters is 1. The molecular formula is C14H14O6. The lowest BCUT2D eigenvalue weighted by Gasteiger charge is -2.03. The lowest BCUT2D eigenvalue weighted by molar-refractivity contribution is -0.142. The third kappa shape index (κ3) is 4.24. The van der Waals surface area contributed by atoms with Crippen LogP contribution in [0.5, 0.6) is 0 Å². The summed E-state index contributed by atoms with van der Waals surface area (Å²) in [6.45, 7) is 1.95. The van der Waals surface area contributed by atoms with Crippen LogP contribution in [0, 0.1) is 0 Å². The van der Waals surface area contributed by atoms with Crippen LogP contribution >= 0.6 is 0 Å². The molecule has 6 heteroatoms. The molecule has 0 atom stereocenters. The van der Waals surface area contributed by atoms with E-state index < -0.39 is 17.9 Å². The Morgan fingerprint density at radius 3 is 2.45 bits per heavy atom. The molecule has 20 heavy (non-hydrogen) atoms. The number of carboxylic acid groups (broad SMARTS) is 2. The summed E-state index contributed by atoms with van der Waals surface area (Å²) in [6, 6.07) is 3.68. The Morgan fingerprint density at radius 1 is 1.20 bits per heavy atom. The molecule has 6 nitrogen and oxygen atoms in total. The molecule has 0 spiro atoms. The number of rotatable bonds is 6. The van der Waals surface area contributed by atoms with Gasteiger partial charge in [0.2, 0.25) is 0 Å². The van der Waals surface area contributed by atoms with E-state index in [0.717, 1.165) is 0 Å². The number of benzene rings is 1. The van der Waals surface area contributed by atoms with Crippen LogP contribution in [0.3, 0.4) is 0 Å². The van der Waals surface area contributed by atoms with Gasteiger partial charge in [-0.2, -0.15) is 0 Å². The first-order valence-corrected chi connectivity index (χ1v) is 5.88. The van der Waals surface area contributed by atoms with Crippen molar-refractivity contribution in [3.63, 3.8) is 0 Å². The molecule has 1 aromatic rings. The zero-order valence-corrected chi connectivity index (χ0v) is 10.8. The molecule has 0 aliphatic rings. The summed E-state index contributed by atoms with van der Waals surface area (Å²) >= 11 is 0. The van der Waals surface area contributed by atoms with E-state index in [9.17, 15) is 14.4 Å². The number of ether oxygens (including phenoxy) is 1. The molecule has 0 amide bonds. The van der Waals surface area contributed by atoms with E-state index in [1.165, 1.54) is 30.4 Å². The quantitative estimate of drug-likeness (QED) is 0.772. The van der Waals surface area contributed by atoms with E-state index in [4.69, 9.17) is 14.9 Å². The second kappa shape index (κ2) is 7.08. The number of carboxylic acids is 2. The third-order valence-electron chi connectivity index (χ3n) is 2.42. The predicted molar refractivity (Wildman–Crippen MR) is 70.6 cm³/mol. The van der Waals surface area contributed by atoms with Crippen LogP contribution in [0.2, 0.25) is 0 Å². The highest BCUT2D eigenvalue weighted by molar-refractivity contribution is 5.95. The number of carbonyl (C=O) groups excluding carboxylic acids is 1. The number of aromatic carboxylic acids is 2. The molecule has 1 rings (SSSR count). The molecule has 1 aromatic carbocycles. The average Bonchev–Trinajstić information content (AvgIpc) is 2.38. The number of hydrogen-bond acceptors (Lipinski definition) is 4. The van der Waals surface area contributed by atoms with Crippen LogP contribution in [-0.2, 0) is 9.53 Å².